The first-order valence-corrected chi connectivity index (χ1v) is 8.66. The Morgan fingerprint density at radius 2 is 2.08 bits per heavy atom. The number of carbonyl (C=O) groups is 2. The molecule has 0 aromatic heterocycles. The highest BCUT2D eigenvalue weighted by molar-refractivity contribution is 6.03. The molecule has 1 atom stereocenters. The van der Waals surface area contributed by atoms with Crippen molar-refractivity contribution < 1.29 is 14.3 Å². The standard InChI is InChI=1S/C19H24N2O3/c1-3-17-15(8-6-12-24-17)18(22)20-13(2)19(23)21-11-10-14-7-4-5-9-16(14)21/h4-5,7,9,13H,3,6,8,10-12H2,1-2H3,(H,20,22)/t13-/m0/s1. The summed E-state index contributed by atoms with van der Waals surface area (Å²) >= 11 is 0. The van der Waals surface area contributed by atoms with E-state index < -0.39 is 6.04 Å². The smallest absolute Gasteiger partial charge is 0.251 e. The topological polar surface area (TPSA) is 58.6 Å². The second-order valence-corrected chi connectivity index (χ2v) is 6.27. The molecule has 0 bridgehead atoms. The molecule has 2 aliphatic heterocycles. The van der Waals surface area contributed by atoms with Crippen LogP contribution in [-0.4, -0.2) is 31.0 Å². The minimum absolute atomic E-state index is 0.0660. The number of nitrogens with zero attached hydrogens (tertiary/aromatic N) is 1. The monoisotopic (exact) mass is 328 g/mol. The fraction of sp³-hybridized carbons (Fsp3) is 0.474. The van der Waals surface area contributed by atoms with E-state index in [1.807, 2.05) is 31.2 Å². The lowest BCUT2D eigenvalue weighted by Gasteiger charge is -2.24. The molecule has 2 amide bonds. The lowest BCUT2D eigenvalue weighted by molar-refractivity contribution is -0.125. The van der Waals surface area contributed by atoms with Gasteiger partial charge >= 0.3 is 0 Å². The molecule has 0 radical (unpaired) electrons. The van der Waals surface area contributed by atoms with Crippen LogP contribution in [0.1, 0.15) is 38.7 Å². The molecular formula is C19H24N2O3. The van der Waals surface area contributed by atoms with Crippen molar-refractivity contribution in [1.82, 2.24) is 5.32 Å². The summed E-state index contributed by atoms with van der Waals surface area (Å²) in [5.41, 5.74) is 2.82. The normalized spacial score (nSPS) is 18.0. The summed E-state index contributed by atoms with van der Waals surface area (Å²) in [5.74, 6) is 0.508. The van der Waals surface area contributed by atoms with Crippen LogP contribution >= 0.6 is 0 Å². The highest BCUT2D eigenvalue weighted by Crippen LogP contribution is 2.28. The molecule has 3 rings (SSSR count). The van der Waals surface area contributed by atoms with Gasteiger partial charge in [-0.15, -0.1) is 0 Å². The van der Waals surface area contributed by atoms with Crippen molar-refractivity contribution >= 4 is 17.5 Å². The predicted octanol–water partition coefficient (Wildman–Crippen LogP) is 2.55. The highest BCUT2D eigenvalue weighted by Gasteiger charge is 2.29. The maximum atomic E-state index is 12.7. The van der Waals surface area contributed by atoms with Crippen LogP contribution in [0, 0.1) is 0 Å². The van der Waals surface area contributed by atoms with Crippen LogP contribution in [0.5, 0.6) is 0 Å². The van der Waals surface area contributed by atoms with Crippen LogP contribution in [-0.2, 0) is 20.7 Å². The number of benzene rings is 1. The van der Waals surface area contributed by atoms with Gasteiger partial charge in [0, 0.05) is 18.7 Å². The Bertz CT molecular complexity index is 681. The molecule has 0 spiro atoms. The van der Waals surface area contributed by atoms with Crippen molar-refractivity contribution in [3.8, 4) is 0 Å². The lowest BCUT2D eigenvalue weighted by Crippen LogP contribution is -2.47. The molecule has 0 unspecified atom stereocenters. The van der Waals surface area contributed by atoms with Gasteiger partial charge in [0.1, 0.15) is 11.8 Å². The van der Waals surface area contributed by atoms with E-state index in [0.29, 0.717) is 31.6 Å². The second-order valence-electron chi connectivity index (χ2n) is 6.27. The highest BCUT2D eigenvalue weighted by atomic mass is 16.5. The van der Waals surface area contributed by atoms with Gasteiger partial charge in [0.05, 0.1) is 12.2 Å². The molecule has 5 nitrogen and oxygen atoms in total. The Labute approximate surface area is 142 Å². The van der Waals surface area contributed by atoms with E-state index in [1.165, 1.54) is 5.56 Å². The van der Waals surface area contributed by atoms with Crippen LogP contribution in [0.4, 0.5) is 5.69 Å². The van der Waals surface area contributed by atoms with E-state index in [0.717, 1.165) is 24.3 Å². The fourth-order valence-electron chi connectivity index (χ4n) is 3.37. The predicted molar refractivity (Wildman–Crippen MR) is 92.6 cm³/mol. The summed E-state index contributed by atoms with van der Waals surface area (Å²) in [4.78, 5) is 27.0. The number of anilines is 1. The molecule has 0 saturated carbocycles. The van der Waals surface area contributed by atoms with Crippen molar-refractivity contribution in [2.24, 2.45) is 0 Å². The number of carbonyl (C=O) groups excluding carboxylic acids is 2. The number of rotatable bonds is 4. The quantitative estimate of drug-likeness (QED) is 0.924. The first kappa shape index (κ1) is 16.6. The zero-order valence-electron chi connectivity index (χ0n) is 14.3. The van der Waals surface area contributed by atoms with Crippen LogP contribution in [0.25, 0.3) is 0 Å². The molecule has 24 heavy (non-hydrogen) atoms. The molecule has 5 heteroatoms. The van der Waals surface area contributed by atoms with Gasteiger partial charge in [0.25, 0.3) is 5.91 Å². The van der Waals surface area contributed by atoms with Crippen LogP contribution < -0.4 is 10.2 Å². The van der Waals surface area contributed by atoms with Gasteiger partial charge in [-0.2, -0.15) is 0 Å². The number of fused-ring (bicyclic) bond motifs is 1. The maximum absolute atomic E-state index is 12.7. The van der Waals surface area contributed by atoms with E-state index in [9.17, 15) is 9.59 Å². The number of allylic oxidation sites excluding steroid dienone is 1. The summed E-state index contributed by atoms with van der Waals surface area (Å²) in [7, 11) is 0. The van der Waals surface area contributed by atoms with Crippen LogP contribution in [0.2, 0.25) is 0 Å². The summed E-state index contributed by atoms with van der Waals surface area (Å²) in [6.07, 6.45) is 3.11. The summed E-state index contributed by atoms with van der Waals surface area (Å²) < 4.78 is 5.57. The third-order valence-electron chi connectivity index (χ3n) is 4.65. The maximum Gasteiger partial charge on any atom is 0.251 e. The van der Waals surface area contributed by atoms with Gasteiger partial charge in [0.15, 0.2) is 0 Å². The Hall–Kier alpha value is -2.30. The van der Waals surface area contributed by atoms with E-state index in [-0.39, 0.29) is 11.8 Å². The molecule has 0 aliphatic carbocycles. The molecule has 2 aliphatic rings. The first-order chi connectivity index (χ1) is 11.6. The number of nitrogens with one attached hydrogen (secondary N) is 1. The zero-order valence-corrected chi connectivity index (χ0v) is 14.3. The minimum Gasteiger partial charge on any atom is -0.497 e. The number of amides is 2. The summed E-state index contributed by atoms with van der Waals surface area (Å²) in [6.45, 7) is 5.06. The average molecular weight is 328 g/mol. The minimum atomic E-state index is -0.559. The van der Waals surface area contributed by atoms with Gasteiger partial charge < -0.3 is 15.0 Å². The number of hydrogen-bond donors (Lipinski definition) is 1. The molecule has 2 heterocycles. The molecule has 0 fully saturated rings. The number of ether oxygens (including phenoxy) is 1. The fourth-order valence-corrected chi connectivity index (χ4v) is 3.37. The zero-order chi connectivity index (χ0) is 17.1. The van der Waals surface area contributed by atoms with E-state index in [1.54, 1.807) is 11.8 Å². The largest absolute Gasteiger partial charge is 0.497 e. The van der Waals surface area contributed by atoms with E-state index in [4.69, 9.17) is 4.74 Å². The lowest BCUT2D eigenvalue weighted by atomic mass is 10.0. The van der Waals surface area contributed by atoms with Gasteiger partial charge in [-0.25, -0.2) is 0 Å². The average Bonchev–Trinajstić information content (AvgIpc) is 3.04. The molecular weight excluding hydrogens is 304 g/mol. The third-order valence-corrected chi connectivity index (χ3v) is 4.65. The van der Waals surface area contributed by atoms with Crippen LogP contribution in [0.15, 0.2) is 35.6 Å². The molecule has 1 N–H and O–H groups in total. The van der Waals surface area contributed by atoms with Crippen molar-refractivity contribution in [1.29, 1.82) is 0 Å². The van der Waals surface area contributed by atoms with Gasteiger partial charge in [-0.1, -0.05) is 25.1 Å². The molecule has 1 aromatic carbocycles. The van der Waals surface area contributed by atoms with Crippen molar-refractivity contribution in [2.45, 2.75) is 45.6 Å². The molecule has 0 saturated heterocycles. The van der Waals surface area contributed by atoms with E-state index in [2.05, 4.69) is 5.32 Å². The van der Waals surface area contributed by atoms with Gasteiger partial charge in [-0.05, 0) is 37.8 Å². The van der Waals surface area contributed by atoms with Crippen molar-refractivity contribution in [3.63, 3.8) is 0 Å². The number of hydrogen-bond acceptors (Lipinski definition) is 3. The van der Waals surface area contributed by atoms with Crippen molar-refractivity contribution in [3.05, 3.63) is 41.2 Å². The number of para-hydroxylation sites is 1. The summed E-state index contributed by atoms with van der Waals surface area (Å²) in [5, 5.41) is 2.85. The molecule has 128 valence electrons. The Kier molecular flexibility index (Phi) is 4.88. The first-order valence-electron chi connectivity index (χ1n) is 8.66. The van der Waals surface area contributed by atoms with Gasteiger partial charge in [-0.3, -0.25) is 9.59 Å². The van der Waals surface area contributed by atoms with Crippen molar-refractivity contribution in [2.75, 3.05) is 18.1 Å². The SMILES string of the molecule is CCC1=C(C(=O)N[C@@H](C)C(=O)N2CCc3ccccc32)CCCO1. The summed E-state index contributed by atoms with van der Waals surface area (Å²) in [6, 6.07) is 7.37. The Morgan fingerprint density at radius 3 is 2.88 bits per heavy atom. The second kappa shape index (κ2) is 7.07. The van der Waals surface area contributed by atoms with Gasteiger partial charge in [0.2, 0.25) is 5.91 Å². The Morgan fingerprint density at radius 1 is 1.29 bits per heavy atom. The molecule has 1 aromatic rings. The van der Waals surface area contributed by atoms with E-state index >= 15 is 0 Å². The van der Waals surface area contributed by atoms with Crippen LogP contribution in [0.3, 0.4) is 0 Å². The third kappa shape index (κ3) is 3.16. The Balaban J connectivity index is 1.69.